The first-order valence-electron chi connectivity index (χ1n) is 5.12. The summed E-state index contributed by atoms with van der Waals surface area (Å²) in [6, 6.07) is 6.83. The number of nitrogens with one attached hydrogen (secondary N) is 1. The molecule has 1 atom stereocenters. The molecule has 0 amide bonds. The Hall–Kier alpha value is -1.64. The van der Waals surface area contributed by atoms with E-state index in [2.05, 4.69) is 10.2 Å². The zero-order valence-electron chi connectivity index (χ0n) is 8.20. The molecule has 3 rings (SSSR count). The highest BCUT2D eigenvalue weighted by Crippen LogP contribution is 2.36. The second-order valence-corrected chi connectivity index (χ2v) is 3.96. The minimum absolute atomic E-state index is 0.166. The maximum atomic E-state index is 13.1. The Balaban J connectivity index is 2.03. The Morgan fingerprint density at radius 1 is 1.40 bits per heavy atom. The van der Waals surface area contributed by atoms with Crippen LogP contribution in [0.5, 0.6) is 0 Å². The number of H-pyrrole nitrogens is 1. The number of hydrogen-bond donors (Lipinski definition) is 1. The van der Waals surface area contributed by atoms with Crippen molar-refractivity contribution in [1.82, 2.24) is 10.2 Å². The van der Waals surface area contributed by atoms with Gasteiger partial charge in [0.05, 0.1) is 6.20 Å². The first-order valence-corrected chi connectivity index (χ1v) is 5.12. The average molecular weight is 202 g/mol. The molecule has 2 nitrogen and oxygen atoms in total. The zero-order valence-corrected chi connectivity index (χ0v) is 8.20. The van der Waals surface area contributed by atoms with Gasteiger partial charge in [0.15, 0.2) is 0 Å². The maximum absolute atomic E-state index is 13.1. The Morgan fingerprint density at radius 3 is 3.20 bits per heavy atom. The van der Waals surface area contributed by atoms with E-state index in [-0.39, 0.29) is 11.7 Å². The van der Waals surface area contributed by atoms with Crippen LogP contribution in [0.4, 0.5) is 4.39 Å². The van der Waals surface area contributed by atoms with Crippen molar-refractivity contribution in [2.24, 2.45) is 0 Å². The van der Waals surface area contributed by atoms with Crippen molar-refractivity contribution in [2.45, 2.75) is 18.8 Å². The molecule has 1 aromatic carbocycles. The van der Waals surface area contributed by atoms with Gasteiger partial charge in [0.1, 0.15) is 5.82 Å². The van der Waals surface area contributed by atoms with Gasteiger partial charge in [-0.1, -0.05) is 12.1 Å². The van der Waals surface area contributed by atoms with Crippen LogP contribution in [0.3, 0.4) is 0 Å². The lowest BCUT2D eigenvalue weighted by Gasteiger charge is -2.09. The smallest absolute Gasteiger partial charge is 0.123 e. The van der Waals surface area contributed by atoms with Crippen molar-refractivity contribution in [1.29, 1.82) is 0 Å². The summed E-state index contributed by atoms with van der Waals surface area (Å²) in [7, 11) is 0. The van der Waals surface area contributed by atoms with E-state index in [0.29, 0.717) is 0 Å². The summed E-state index contributed by atoms with van der Waals surface area (Å²) in [5.41, 5.74) is 3.46. The molecule has 1 aliphatic carbocycles. The Bertz CT molecular complexity index is 490. The van der Waals surface area contributed by atoms with Crippen LogP contribution in [0.1, 0.15) is 29.2 Å². The van der Waals surface area contributed by atoms with Gasteiger partial charge in [-0.25, -0.2) is 4.39 Å². The SMILES string of the molecule is Fc1cccc(C2CCc3cn[nH]c32)c1. The summed E-state index contributed by atoms with van der Waals surface area (Å²) in [4.78, 5) is 0. The van der Waals surface area contributed by atoms with E-state index in [0.717, 1.165) is 24.1 Å². The molecule has 1 aromatic heterocycles. The van der Waals surface area contributed by atoms with Gasteiger partial charge in [-0.05, 0) is 36.1 Å². The standard InChI is InChI=1S/C12H11FN2/c13-10-3-1-2-8(6-10)11-5-4-9-7-14-15-12(9)11/h1-3,6-7,11H,4-5H2,(H,14,15). The molecule has 1 unspecified atom stereocenters. The van der Waals surface area contributed by atoms with Crippen LogP contribution in [0.25, 0.3) is 0 Å². The predicted octanol–water partition coefficient (Wildman–Crippen LogP) is 2.63. The highest BCUT2D eigenvalue weighted by atomic mass is 19.1. The van der Waals surface area contributed by atoms with Crippen LogP contribution in [0, 0.1) is 5.82 Å². The molecule has 0 spiro atoms. The fourth-order valence-electron chi connectivity index (χ4n) is 2.32. The average Bonchev–Trinajstić information content (AvgIpc) is 2.77. The van der Waals surface area contributed by atoms with E-state index in [1.54, 1.807) is 12.1 Å². The number of halogens is 1. The van der Waals surface area contributed by atoms with Crippen molar-refractivity contribution in [3.05, 3.63) is 53.1 Å². The Labute approximate surface area is 87.1 Å². The molecular weight excluding hydrogens is 191 g/mol. The molecule has 0 saturated carbocycles. The van der Waals surface area contributed by atoms with Crippen molar-refractivity contribution < 1.29 is 4.39 Å². The first-order chi connectivity index (χ1) is 7.34. The van der Waals surface area contributed by atoms with E-state index in [4.69, 9.17) is 0 Å². The molecule has 0 bridgehead atoms. The van der Waals surface area contributed by atoms with Gasteiger partial charge in [-0.3, -0.25) is 5.10 Å². The van der Waals surface area contributed by atoms with E-state index >= 15 is 0 Å². The molecule has 2 aromatic rings. The van der Waals surface area contributed by atoms with Crippen molar-refractivity contribution in [2.75, 3.05) is 0 Å². The number of aromatic nitrogens is 2. The minimum Gasteiger partial charge on any atom is -0.282 e. The summed E-state index contributed by atoms with van der Waals surface area (Å²) >= 11 is 0. The summed E-state index contributed by atoms with van der Waals surface area (Å²) in [5, 5.41) is 7.04. The third-order valence-corrected chi connectivity index (χ3v) is 3.05. The van der Waals surface area contributed by atoms with Crippen LogP contribution in [-0.2, 0) is 6.42 Å². The van der Waals surface area contributed by atoms with Crippen molar-refractivity contribution in [3.8, 4) is 0 Å². The fraction of sp³-hybridized carbons (Fsp3) is 0.250. The van der Waals surface area contributed by atoms with Gasteiger partial charge in [0, 0.05) is 11.6 Å². The third-order valence-electron chi connectivity index (χ3n) is 3.05. The van der Waals surface area contributed by atoms with Gasteiger partial charge in [-0.15, -0.1) is 0 Å². The number of aromatic amines is 1. The lowest BCUT2D eigenvalue weighted by atomic mass is 9.97. The zero-order chi connectivity index (χ0) is 10.3. The monoisotopic (exact) mass is 202 g/mol. The Kier molecular flexibility index (Phi) is 1.84. The molecule has 1 N–H and O–H groups in total. The number of rotatable bonds is 1. The molecule has 15 heavy (non-hydrogen) atoms. The molecule has 0 saturated heterocycles. The summed E-state index contributed by atoms with van der Waals surface area (Å²) < 4.78 is 13.1. The summed E-state index contributed by atoms with van der Waals surface area (Å²) in [6.07, 6.45) is 3.95. The number of benzene rings is 1. The number of aryl methyl sites for hydroxylation is 1. The largest absolute Gasteiger partial charge is 0.282 e. The molecule has 3 heteroatoms. The highest BCUT2D eigenvalue weighted by Gasteiger charge is 2.25. The van der Waals surface area contributed by atoms with E-state index < -0.39 is 0 Å². The molecule has 0 aliphatic heterocycles. The second kappa shape index (κ2) is 3.19. The second-order valence-electron chi connectivity index (χ2n) is 3.96. The predicted molar refractivity (Wildman–Crippen MR) is 55.2 cm³/mol. The summed E-state index contributed by atoms with van der Waals surface area (Å²) in [6.45, 7) is 0. The normalized spacial score (nSPS) is 19.1. The molecule has 0 fully saturated rings. The van der Waals surface area contributed by atoms with Gasteiger partial charge >= 0.3 is 0 Å². The first kappa shape index (κ1) is 8.65. The fourth-order valence-corrected chi connectivity index (χ4v) is 2.32. The molecule has 0 radical (unpaired) electrons. The number of fused-ring (bicyclic) bond motifs is 1. The van der Waals surface area contributed by atoms with Gasteiger partial charge in [-0.2, -0.15) is 5.10 Å². The quantitative estimate of drug-likeness (QED) is 0.756. The van der Waals surface area contributed by atoms with Crippen LogP contribution in [0.15, 0.2) is 30.5 Å². The molecule has 1 heterocycles. The highest BCUT2D eigenvalue weighted by molar-refractivity contribution is 5.36. The topological polar surface area (TPSA) is 28.7 Å². The molecular formula is C12H11FN2. The van der Waals surface area contributed by atoms with Crippen LogP contribution in [0.2, 0.25) is 0 Å². The van der Waals surface area contributed by atoms with Crippen molar-refractivity contribution >= 4 is 0 Å². The third kappa shape index (κ3) is 1.35. The van der Waals surface area contributed by atoms with E-state index in [1.807, 2.05) is 12.3 Å². The van der Waals surface area contributed by atoms with Gasteiger partial charge < -0.3 is 0 Å². The molecule has 76 valence electrons. The number of hydrogen-bond acceptors (Lipinski definition) is 1. The van der Waals surface area contributed by atoms with Crippen molar-refractivity contribution in [3.63, 3.8) is 0 Å². The summed E-state index contributed by atoms with van der Waals surface area (Å²) in [5.74, 6) is 0.124. The Morgan fingerprint density at radius 2 is 2.33 bits per heavy atom. The number of nitrogens with zero attached hydrogens (tertiary/aromatic N) is 1. The van der Waals surface area contributed by atoms with Crippen LogP contribution < -0.4 is 0 Å². The van der Waals surface area contributed by atoms with Gasteiger partial charge in [0.25, 0.3) is 0 Å². The van der Waals surface area contributed by atoms with E-state index in [1.165, 1.54) is 11.6 Å². The van der Waals surface area contributed by atoms with Crippen LogP contribution in [-0.4, -0.2) is 10.2 Å². The van der Waals surface area contributed by atoms with Gasteiger partial charge in [0.2, 0.25) is 0 Å². The van der Waals surface area contributed by atoms with Crippen LogP contribution >= 0.6 is 0 Å². The molecule has 1 aliphatic rings. The minimum atomic E-state index is -0.166. The lowest BCUT2D eigenvalue weighted by molar-refractivity contribution is 0.621. The van der Waals surface area contributed by atoms with E-state index in [9.17, 15) is 4.39 Å². The lowest BCUT2D eigenvalue weighted by Crippen LogP contribution is -1.97. The maximum Gasteiger partial charge on any atom is 0.123 e.